The molecule has 104 valence electrons. The second-order valence-corrected chi connectivity index (χ2v) is 5.01. The highest BCUT2D eigenvalue weighted by Crippen LogP contribution is 2.46. The molecule has 0 saturated heterocycles. The van der Waals surface area contributed by atoms with E-state index in [1.165, 1.54) is 7.11 Å². The van der Waals surface area contributed by atoms with Crippen molar-refractivity contribution in [1.82, 2.24) is 0 Å². The van der Waals surface area contributed by atoms with Crippen LogP contribution in [0.15, 0.2) is 18.2 Å². The monoisotopic (exact) mass is 263 g/mol. The molecule has 0 atom stereocenters. The number of hydrogen-bond acceptors (Lipinski definition) is 4. The lowest BCUT2D eigenvalue weighted by Crippen LogP contribution is -2.26. The maximum Gasteiger partial charge on any atom is 0.313 e. The van der Waals surface area contributed by atoms with Gasteiger partial charge in [-0.3, -0.25) is 4.79 Å². The summed E-state index contributed by atoms with van der Waals surface area (Å²) in [5.74, 6) is 0.798. The highest BCUT2D eigenvalue weighted by Gasteiger charge is 2.50. The van der Waals surface area contributed by atoms with Crippen LogP contribution in [0.1, 0.15) is 25.3 Å². The van der Waals surface area contributed by atoms with Crippen molar-refractivity contribution in [2.45, 2.75) is 26.2 Å². The third-order valence-electron chi connectivity index (χ3n) is 3.76. The molecule has 0 aromatic heterocycles. The third kappa shape index (κ3) is 2.83. The summed E-state index contributed by atoms with van der Waals surface area (Å²) in [6, 6.07) is 6.01. The van der Waals surface area contributed by atoms with Gasteiger partial charge in [0, 0.05) is 12.2 Å². The predicted molar refractivity (Wildman–Crippen MR) is 74.5 cm³/mol. The third-order valence-corrected chi connectivity index (χ3v) is 3.76. The van der Waals surface area contributed by atoms with Crippen LogP contribution in [0, 0.1) is 5.41 Å². The van der Waals surface area contributed by atoms with E-state index in [4.69, 9.17) is 9.47 Å². The summed E-state index contributed by atoms with van der Waals surface area (Å²) in [5.41, 5.74) is 1.88. The predicted octanol–water partition coefficient (Wildman–Crippen LogP) is 2.62. The normalized spacial score (nSPS) is 15.7. The van der Waals surface area contributed by atoms with E-state index >= 15 is 0 Å². The number of carbonyl (C=O) groups excluding carboxylic acids is 1. The smallest absolute Gasteiger partial charge is 0.313 e. The first-order valence-corrected chi connectivity index (χ1v) is 6.64. The van der Waals surface area contributed by atoms with Crippen molar-refractivity contribution in [3.8, 4) is 5.75 Å². The Morgan fingerprint density at radius 3 is 2.63 bits per heavy atom. The number of rotatable bonds is 6. The first-order chi connectivity index (χ1) is 9.15. The summed E-state index contributed by atoms with van der Waals surface area (Å²) in [7, 11) is 3.13. The molecule has 19 heavy (non-hydrogen) atoms. The molecule has 0 aliphatic heterocycles. The van der Waals surface area contributed by atoms with Gasteiger partial charge in [0.05, 0.1) is 19.6 Å². The van der Waals surface area contributed by atoms with E-state index in [2.05, 4.69) is 18.3 Å². The second-order valence-electron chi connectivity index (χ2n) is 5.01. The van der Waals surface area contributed by atoms with Crippen LogP contribution < -0.4 is 10.1 Å². The Morgan fingerprint density at radius 1 is 1.37 bits per heavy atom. The summed E-state index contributed by atoms with van der Waals surface area (Å²) in [5, 5.41) is 3.33. The van der Waals surface area contributed by atoms with Gasteiger partial charge in [-0.1, -0.05) is 6.92 Å². The van der Waals surface area contributed by atoms with Crippen LogP contribution in [0.3, 0.4) is 0 Å². The van der Waals surface area contributed by atoms with Gasteiger partial charge < -0.3 is 14.8 Å². The molecular formula is C15H21NO3. The van der Waals surface area contributed by atoms with Gasteiger partial charge in [-0.15, -0.1) is 0 Å². The number of aryl methyl sites for hydroxylation is 1. The first-order valence-electron chi connectivity index (χ1n) is 6.64. The average molecular weight is 263 g/mol. The number of esters is 1. The fraction of sp³-hybridized carbons (Fsp3) is 0.533. The average Bonchev–Trinajstić information content (AvgIpc) is 3.25. The van der Waals surface area contributed by atoms with Crippen LogP contribution in [0.5, 0.6) is 5.75 Å². The molecule has 1 saturated carbocycles. The zero-order chi connectivity index (χ0) is 13.9. The first kappa shape index (κ1) is 13.7. The molecular weight excluding hydrogens is 242 g/mol. The Kier molecular flexibility index (Phi) is 3.98. The van der Waals surface area contributed by atoms with E-state index in [0.29, 0.717) is 6.54 Å². The van der Waals surface area contributed by atoms with E-state index < -0.39 is 0 Å². The van der Waals surface area contributed by atoms with E-state index in [1.807, 2.05) is 12.1 Å². The van der Waals surface area contributed by atoms with Gasteiger partial charge in [0.1, 0.15) is 5.75 Å². The van der Waals surface area contributed by atoms with E-state index in [-0.39, 0.29) is 11.4 Å². The Labute approximate surface area is 114 Å². The van der Waals surface area contributed by atoms with E-state index in [9.17, 15) is 4.79 Å². The van der Waals surface area contributed by atoms with Gasteiger partial charge in [0.2, 0.25) is 0 Å². The Morgan fingerprint density at radius 2 is 2.11 bits per heavy atom. The molecule has 1 fully saturated rings. The fourth-order valence-corrected chi connectivity index (χ4v) is 2.26. The van der Waals surface area contributed by atoms with Crippen molar-refractivity contribution in [2.24, 2.45) is 5.41 Å². The van der Waals surface area contributed by atoms with Crippen LogP contribution in [0.4, 0.5) is 5.69 Å². The lowest BCUT2D eigenvalue weighted by atomic mass is 10.1. The number of nitrogens with one attached hydrogen (secondary N) is 1. The molecule has 2 rings (SSSR count). The van der Waals surface area contributed by atoms with Gasteiger partial charge >= 0.3 is 5.97 Å². The van der Waals surface area contributed by atoms with E-state index in [0.717, 1.165) is 36.3 Å². The molecule has 0 bridgehead atoms. The minimum Gasteiger partial charge on any atom is -0.496 e. The summed E-state index contributed by atoms with van der Waals surface area (Å²) in [6.45, 7) is 2.73. The standard InChI is InChI=1S/C15H21NO3/c1-4-11-9-12(5-6-13(11)18-2)16-10-15(7-8-15)14(17)19-3/h5-6,9,16H,4,7-8,10H2,1-3H3. The van der Waals surface area contributed by atoms with Crippen molar-refractivity contribution in [2.75, 3.05) is 26.1 Å². The number of carbonyl (C=O) groups is 1. The van der Waals surface area contributed by atoms with E-state index in [1.54, 1.807) is 7.11 Å². The molecule has 0 spiro atoms. The maximum atomic E-state index is 11.7. The summed E-state index contributed by atoms with van der Waals surface area (Å²) in [6.07, 6.45) is 2.73. The molecule has 4 heteroatoms. The Balaban J connectivity index is 2.02. The van der Waals surface area contributed by atoms with Crippen molar-refractivity contribution in [3.05, 3.63) is 23.8 Å². The number of methoxy groups -OCH3 is 2. The maximum absolute atomic E-state index is 11.7. The molecule has 1 aliphatic rings. The molecule has 1 aromatic carbocycles. The van der Waals surface area contributed by atoms with Crippen LogP contribution in [0.25, 0.3) is 0 Å². The highest BCUT2D eigenvalue weighted by atomic mass is 16.5. The summed E-state index contributed by atoms with van der Waals surface area (Å²) >= 11 is 0. The molecule has 1 aromatic rings. The minimum atomic E-state index is -0.305. The van der Waals surface area contributed by atoms with Crippen molar-refractivity contribution in [3.63, 3.8) is 0 Å². The zero-order valence-electron chi connectivity index (χ0n) is 11.8. The molecule has 0 radical (unpaired) electrons. The van der Waals surface area contributed by atoms with Crippen LogP contribution in [0.2, 0.25) is 0 Å². The van der Waals surface area contributed by atoms with Crippen LogP contribution >= 0.6 is 0 Å². The summed E-state index contributed by atoms with van der Waals surface area (Å²) < 4.78 is 10.2. The Hall–Kier alpha value is -1.71. The SMILES string of the molecule is CCc1cc(NCC2(C(=O)OC)CC2)ccc1OC. The minimum absolute atomic E-state index is 0.107. The number of anilines is 1. The Bertz CT molecular complexity index is 466. The second kappa shape index (κ2) is 5.51. The van der Waals surface area contributed by atoms with Gasteiger partial charge in [-0.25, -0.2) is 0 Å². The molecule has 0 unspecified atom stereocenters. The van der Waals surface area contributed by atoms with Gasteiger partial charge in [-0.05, 0) is 43.0 Å². The fourth-order valence-electron chi connectivity index (χ4n) is 2.26. The largest absolute Gasteiger partial charge is 0.496 e. The van der Waals surface area contributed by atoms with Crippen LogP contribution in [-0.4, -0.2) is 26.7 Å². The van der Waals surface area contributed by atoms with Crippen molar-refractivity contribution in [1.29, 1.82) is 0 Å². The molecule has 4 nitrogen and oxygen atoms in total. The topological polar surface area (TPSA) is 47.6 Å². The molecule has 1 N–H and O–H groups in total. The number of hydrogen-bond donors (Lipinski definition) is 1. The summed E-state index contributed by atoms with van der Waals surface area (Å²) in [4.78, 5) is 11.7. The number of benzene rings is 1. The zero-order valence-corrected chi connectivity index (χ0v) is 11.8. The van der Waals surface area contributed by atoms with Crippen LogP contribution in [-0.2, 0) is 16.0 Å². The quantitative estimate of drug-likeness (QED) is 0.801. The number of ether oxygens (including phenoxy) is 2. The van der Waals surface area contributed by atoms with Gasteiger partial charge in [-0.2, -0.15) is 0 Å². The molecule has 1 aliphatic carbocycles. The van der Waals surface area contributed by atoms with Gasteiger partial charge in [0.25, 0.3) is 0 Å². The van der Waals surface area contributed by atoms with Crippen molar-refractivity contribution >= 4 is 11.7 Å². The lowest BCUT2D eigenvalue weighted by Gasteiger charge is -2.16. The van der Waals surface area contributed by atoms with Gasteiger partial charge in [0.15, 0.2) is 0 Å². The highest BCUT2D eigenvalue weighted by molar-refractivity contribution is 5.80. The lowest BCUT2D eigenvalue weighted by molar-refractivity contribution is -0.146. The molecule has 0 heterocycles. The molecule has 0 amide bonds. The van der Waals surface area contributed by atoms with Crippen molar-refractivity contribution < 1.29 is 14.3 Å².